The lowest BCUT2D eigenvalue weighted by Crippen LogP contribution is -2.09. The van der Waals surface area contributed by atoms with Gasteiger partial charge in [-0.3, -0.25) is 0 Å². The first-order chi connectivity index (χ1) is 10.1. The topological polar surface area (TPSA) is 72.2 Å². The van der Waals surface area contributed by atoms with Crippen molar-refractivity contribution in [2.24, 2.45) is 5.73 Å². The molecule has 2 rings (SSSR count). The Morgan fingerprint density at radius 3 is 2.29 bits per heavy atom. The number of hydrogen-bond donors (Lipinski definition) is 2. The number of rotatable bonds is 6. The molecule has 21 heavy (non-hydrogen) atoms. The molecule has 0 unspecified atom stereocenters. The normalized spacial score (nSPS) is 11.3. The van der Waals surface area contributed by atoms with Crippen LogP contribution >= 0.6 is 0 Å². The number of nitrogens with one attached hydrogen (secondary N) is 1. The van der Waals surface area contributed by atoms with E-state index in [0.717, 1.165) is 11.3 Å². The molecular formula is C16H20N2O2S. The van der Waals surface area contributed by atoms with Crippen molar-refractivity contribution in [3.8, 4) is 0 Å². The van der Waals surface area contributed by atoms with Crippen molar-refractivity contribution in [3.63, 3.8) is 0 Å². The number of sulfone groups is 1. The molecule has 0 aromatic heterocycles. The van der Waals surface area contributed by atoms with E-state index in [1.807, 2.05) is 37.3 Å². The summed E-state index contributed by atoms with van der Waals surface area (Å²) in [7, 11) is -3.27. The van der Waals surface area contributed by atoms with Gasteiger partial charge in [0.1, 0.15) is 0 Å². The second kappa shape index (κ2) is 6.74. The van der Waals surface area contributed by atoms with E-state index < -0.39 is 9.84 Å². The van der Waals surface area contributed by atoms with Crippen LogP contribution in [-0.2, 0) is 16.4 Å². The minimum absolute atomic E-state index is 0.143. The van der Waals surface area contributed by atoms with E-state index in [1.165, 1.54) is 0 Å². The molecule has 2 aromatic rings. The summed E-state index contributed by atoms with van der Waals surface area (Å²) < 4.78 is 24.7. The predicted octanol–water partition coefficient (Wildman–Crippen LogP) is 3.07. The molecule has 0 amide bonds. The van der Waals surface area contributed by atoms with Gasteiger partial charge >= 0.3 is 0 Å². The lowest BCUT2D eigenvalue weighted by molar-refractivity contribution is 0.595. The van der Waals surface area contributed by atoms with Gasteiger partial charge in [-0.2, -0.15) is 0 Å². The monoisotopic (exact) mass is 304 g/mol. The molecule has 5 heteroatoms. The number of benzene rings is 2. The number of hydrogen-bond acceptors (Lipinski definition) is 4. The molecule has 0 bridgehead atoms. The van der Waals surface area contributed by atoms with Crippen molar-refractivity contribution >= 4 is 21.2 Å². The Kier molecular flexibility index (Phi) is 4.98. The van der Waals surface area contributed by atoms with Crippen molar-refractivity contribution in [2.45, 2.75) is 24.8 Å². The van der Waals surface area contributed by atoms with Crippen LogP contribution in [0, 0.1) is 0 Å². The molecule has 0 aliphatic rings. The Labute approximate surface area is 125 Å². The molecule has 0 radical (unpaired) electrons. The molecule has 0 saturated heterocycles. The summed E-state index contributed by atoms with van der Waals surface area (Å²) in [4.78, 5) is 0.332. The van der Waals surface area contributed by atoms with E-state index in [1.54, 1.807) is 18.2 Å². The first kappa shape index (κ1) is 15.5. The van der Waals surface area contributed by atoms with Crippen LogP contribution < -0.4 is 11.1 Å². The molecule has 0 spiro atoms. The zero-order valence-corrected chi connectivity index (χ0v) is 12.9. The van der Waals surface area contributed by atoms with Gasteiger partial charge in [0.15, 0.2) is 9.84 Å². The minimum Gasteiger partial charge on any atom is -0.354 e. The van der Waals surface area contributed by atoms with E-state index in [2.05, 4.69) is 5.32 Å². The molecule has 0 atom stereocenters. The number of nitrogens with two attached hydrogens (primary N) is 1. The van der Waals surface area contributed by atoms with E-state index in [-0.39, 0.29) is 5.75 Å². The zero-order chi connectivity index (χ0) is 15.3. The first-order valence-corrected chi connectivity index (χ1v) is 8.60. The van der Waals surface area contributed by atoms with Gasteiger partial charge in [-0.05, 0) is 30.2 Å². The van der Waals surface area contributed by atoms with Gasteiger partial charge in [-0.25, -0.2) is 8.42 Å². The van der Waals surface area contributed by atoms with Gasteiger partial charge in [-0.1, -0.05) is 37.3 Å². The highest BCUT2D eigenvalue weighted by Crippen LogP contribution is 2.27. The Hall–Kier alpha value is -1.85. The maximum absolute atomic E-state index is 12.3. The minimum atomic E-state index is -3.27. The largest absolute Gasteiger partial charge is 0.354 e. The van der Waals surface area contributed by atoms with Crippen molar-refractivity contribution in [3.05, 3.63) is 54.1 Å². The van der Waals surface area contributed by atoms with Gasteiger partial charge in [-0.15, -0.1) is 0 Å². The van der Waals surface area contributed by atoms with Crippen LogP contribution in [0.1, 0.15) is 18.9 Å². The third-order valence-electron chi connectivity index (χ3n) is 3.20. The Morgan fingerprint density at radius 2 is 1.62 bits per heavy atom. The maximum Gasteiger partial charge on any atom is 0.180 e. The maximum atomic E-state index is 12.3. The van der Waals surface area contributed by atoms with Gasteiger partial charge in [0.25, 0.3) is 0 Å². The van der Waals surface area contributed by atoms with Crippen LogP contribution in [0.15, 0.2) is 53.4 Å². The van der Waals surface area contributed by atoms with Crippen LogP contribution in [0.2, 0.25) is 0 Å². The number of para-hydroxylation sites is 2. The smallest absolute Gasteiger partial charge is 0.180 e. The summed E-state index contributed by atoms with van der Waals surface area (Å²) in [6.07, 6.45) is 0.593. The molecule has 112 valence electrons. The lowest BCUT2D eigenvalue weighted by Gasteiger charge is -2.14. The molecule has 0 heterocycles. The van der Waals surface area contributed by atoms with E-state index in [9.17, 15) is 8.42 Å². The van der Waals surface area contributed by atoms with Crippen LogP contribution in [0.4, 0.5) is 11.4 Å². The quantitative estimate of drug-likeness (QED) is 0.860. The second-order valence-corrected chi connectivity index (χ2v) is 6.88. The molecule has 0 saturated carbocycles. The fraction of sp³-hybridized carbons (Fsp3) is 0.250. The summed E-state index contributed by atoms with van der Waals surface area (Å²) in [6.45, 7) is 2.25. The van der Waals surface area contributed by atoms with Crippen molar-refractivity contribution in [1.82, 2.24) is 0 Å². The molecule has 0 fully saturated rings. The lowest BCUT2D eigenvalue weighted by atomic mass is 10.1. The first-order valence-electron chi connectivity index (χ1n) is 6.95. The van der Waals surface area contributed by atoms with Crippen LogP contribution in [0.5, 0.6) is 0 Å². The molecule has 0 aliphatic carbocycles. The predicted molar refractivity (Wildman–Crippen MR) is 86.4 cm³/mol. The fourth-order valence-corrected chi connectivity index (χ4v) is 3.68. The van der Waals surface area contributed by atoms with Crippen molar-refractivity contribution in [1.29, 1.82) is 0 Å². The van der Waals surface area contributed by atoms with Crippen LogP contribution in [0.25, 0.3) is 0 Å². The SMILES string of the molecule is CCCS(=O)(=O)c1ccccc1Nc1ccccc1CN. The Balaban J connectivity index is 2.42. The van der Waals surface area contributed by atoms with Gasteiger partial charge in [0, 0.05) is 12.2 Å². The average Bonchev–Trinajstić information content (AvgIpc) is 2.48. The Morgan fingerprint density at radius 1 is 1.00 bits per heavy atom. The molecule has 0 aliphatic heterocycles. The molecule has 3 N–H and O–H groups in total. The van der Waals surface area contributed by atoms with Gasteiger partial charge in [0.2, 0.25) is 0 Å². The summed E-state index contributed by atoms with van der Waals surface area (Å²) in [6, 6.07) is 14.6. The summed E-state index contributed by atoms with van der Waals surface area (Å²) in [5, 5.41) is 3.20. The highest BCUT2D eigenvalue weighted by Gasteiger charge is 2.17. The van der Waals surface area contributed by atoms with E-state index in [4.69, 9.17) is 5.73 Å². The highest BCUT2D eigenvalue weighted by molar-refractivity contribution is 7.91. The fourth-order valence-electron chi connectivity index (χ4n) is 2.19. The average molecular weight is 304 g/mol. The van der Waals surface area contributed by atoms with Crippen LogP contribution in [-0.4, -0.2) is 14.2 Å². The Bertz CT molecular complexity index is 712. The second-order valence-electron chi connectivity index (χ2n) is 4.80. The standard InChI is InChI=1S/C16H20N2O2S/c1-2-11-21(19,20)16-10-6-5-9-15(16)18-14-8-4-3-7-13(14)12-17/h3-10,18H,2,11-12,17H2,1H3. The van der Waals surface area contributed by atoms with Crippen LogP contribution in [0.3, 0.4) is 0 Å². The third-order valence-corrected chi connectivity index (χ3v) is 5.17. The third kappa shape index (κ3) is 3.62. The number of anilines is 2. The zero-order valence-electron chi connectivity index (χ0n) is 12.0. The van der Waals surface area contributed by atoms with Crippen molar-refractivity contribution in [2.75, 3.05) is 11.1 Å². The summed E-state index contributed by atoms with van der Waals surface area (Å²) >= 11 is 0. The highest BCUT2D eigenvalue weighted by atomic mass is 32.2. The molecular weight excluding hydrogens is 284 g/mol. The summed E-state index contributed by atoms with van der Waals surface area (Å²) in [5.74, 6) is 0.143. The van der Waals surface area contributed by atoms with Gasteiger partial charge < -0.3 is 11.1 Å². The molecule has 4 nitrogen and oxygen atoms in total. The van der Waals surface area contributed by atoms with Crippen molar-refractivity contribution < 1.29 is 8.42 Å². The van der Waals surface area contributed by atoms with E-state index >= 15 is 0 Å². The van der Waals surface area contributed by atoms with E-state index in [0.29, 0.717) is 23.5 Å². The van der Waals surface area contributed by atoms with Gasteiger partial charge in [0.05, 0.1) is 16.3 Å². The molecule has 2 aromatic carbocycles. The summed E-state index contributed by atoms with van der Waals surface area (Å²) in [5.41, 5.74) is 8.08.